The van der Waals surface area contributed by atoms with E-state index >= 15 is 0 Å². The van der Waals surface area contributed by atoms with Crippen LogP contribution in [0.3, 0.4) is 0 Å². The smallest absolute Gasteiger partial charge is 0.283 e. The summed E-state index contributed by atoms with van der Waals surface area (Å²) in [7, 11) is 0. The van der Waals surface area contributed by atoms with Crippen molar-refractivity contribution in [3.8, 4) is 0 Å². The molecular weight excluding hydrogens is 324 g/mol. The van der Waals surface area contributed by atoms with Crippen LogP contribution in [0, 0.1) is 16.0 Å². The van der Waals surface area contributed by atoms with Gasteiger partial charge in [0.05, 0.1) is 9.40 Å². The fourth-order valence-electron chi connectivity index (χ4n) is 2.62. The zero-order valence-corrected chi connectivity index (χ0v) is 12.8. The van der Waals surface area contributed by atoms with Gasteiger partial charge in [0.1, 0.15) is 0 Å². The van der Waals surface area contributed by atoms with Gasteiger partial charge in [0.15, 0.2) is 0 Å². The summed E-state index contributed by atoms with van der Waals surface area (Å²) in [6, 6.07) is 5.66. The van der Waals surface area contributed by atoms with Crippen LogP contribution in [0.4, 0.5) is 5.69 Å². The highest BCUT2D eigenvalue weighted by atomic mass is 79.9. The normalized spacial score (nSPS) is 22.7. The second-order valence-corrected chi connectivity index (χ2v) is 6.18. The Morgan fingerprint density at radius 2 is 2.05 bits per heavy atom. The Hall–Kier alpha value is -0.980. The average molecular weight is 343 g/mol. The molecule has 1 aliphatic carbocycles. The number of benzene rings is 1. The number of aliphatic hydroxyl groups is 1. The van der Waals surface area contributed by atoms with Crippen molar-refractivity contribution in [1.82, 2.24) is 5.32 Å². The van der Waals surface area contributed by atoms with Crippen LogP contribution in [0.2, 0.25) is 0 Å². The number of halogens is 1. The Labute approximate surface area is 126 Å². The lowest BCUT2D eigenvalue weighted by Crippen LogP contribution is -2.33. The highest BCUT2D eigenvalue weighted by molar-refractivity contribution is 9.10. The topological polar surface area (TPSA) is 75.4 Å². The quantitative estimate of drug-likeness (QED) is 0.637. The molecule has 0 bridgehead atoms. The maximum Gasteiger partial charge on any atom is 0.283 e. The molecule has 0 amide bonds. The third kappa shape index (κ3) is 4.01. The summed E-state index contributed by atoms with van der Waals surface area (Å²) in [5.41, 5.74) is 1.03. The Morgan fingerprint density at radius 1 is 1.35 bits per heavy atom. The van der Waals surface area contributed by atoms with Crippen molar-refractivity contribution in [3.05, 3.63) is 38.3 Å². The number of rotatable bonds is 5. The van der Waals surface area contributed by atoms with Gasteiger partial charge in [-0.15, -0.1) is 0 Å². The number of hydrogen-bond donors (Lipinski definition) is 2. The zero-order valence-electron chi connectivity index (χ0n) is 11.2. The SMILES string of the molecule is O=[N+]([O-])c1cc(CNC2CCC(CO)CC2)ccc1Br. The van der Waals surface area contributed by atoms with E-state index in [1.165, 1.54) is 0 Å². The van der Waals surface area contributed by atoms with Crippen molar-refractivity contribution in [2.45, 2.75) is 38.3 Å². The lowest BCUT2D eigenvalue weighted by Gasteiger charge is -2.28. The van der Waals surface area contributed by atoms with Crippen LogP contribution in [-0.2, 0) is 6.54 Å². The first kappa shape index (κ1) is 15.4. The van der Waals surface area contributed by atoms with Gasteiger partial charge in [-0.3, -0.25) is 10.1 Å². The number of nitro groups is 1. The van der Waals surface area contributed by atoms with Gasteiger partial charge in [0.25, 0.3) is 5.69 Å². The largest absolute Gasteiger partial charge is 0.396 e. The van der Waals surface area contributed by atoms with Gasteiger partial charge in [-0.05, 0) is 59.2 Å². The molecule has 2 rings (SSSR count). The monoisotopic (exact) mass is 342 g/mol. The molecule has 0 saturated heterocycles. The summed E-state index contributed by atoms with van der Waals surface area (Å²) >= 11 is 3.19. The van der Waals surface area contributed by atoms with Gasteiger partial charge in [0, 0.05) is 25.3 Å². The zero-order chi connectivity index (χ0) is 14.5. The molecular formula is C14H19BrN2O3. The summed E-state index contributed by atoms with van der Waals surface area (Å²) < 4.78 is 0.509. The van der Waals surface area contributed by atoms with E-state index in [4.69, 9.17) is 5.11 Å². The molecule has 1 fully saturated rings. The minimum absolute atomic E-state index is 0.105. The Morgan fingerprint density at radius 3 is 2.65 bits per heavy atom. The van der Waals surface area contributed by atoms with Gasteiger partial charge < -0.3 is 10.4 Å². The first-order chi connectivity index (χ1) is 9.60. The van der Waals surface area contributed by atoms with Crippen LogP contribution >= 0.6 is 15.9 Å². The molecule has 1 aromatic rings. The second kappa shape index (κ2) is 7.15. The van der Waals surface area contributed by atoms with Gasteiger partial charge >= 0.3 is 0 Å². The van der Waals surface area contributed by atoms with E-state index in [1.54, 1.807) is 12.1 Å². The number of aliphatic hydroxyl groups excluding tert-OH is 1. The predicted octanol–water partition coefficient (Wildman–Crippen LogP) is 3.00. The maximum absolute atomic E-state index is 10.9. The molecule has 0 spiro atoms. The minimum Gasteiger partial charge on any atom is -0.396 e. The molecule has 0 unspecified atom stereocenters. The third-order valence-electron chi connectivity index (χ3n) is 3.91. The van der Waals surface area contributed by atoms with Gasteiger partial charge in [-0.1, -0.05) is 6.07 Å². The highest BCUT2D eigenvalue weighted by Gasteiger charge is 2.20. The molecule has 0 heterocycles. The summed E-state index contributed by atoms with van der Waals surface area (Å²) in [5, 5.41) is 23.4. The van der Waals surface area contributed by atoms with Crippen molar-refractivity contribution in [2.75, 3.05) is 6.61 Å². The van der Waals surface area contributed by atoms with Gasteiger partial charge in [-0.25, -0.2) is 0 Å². The molecule has 110 valence electrons. The summed E-state index contributed by atoms with van der Waals surface area (Å²) in [4.78, 5) is 10.5. The van der Waals surface area contributed by atoms with Crippen LogP contribution < -0.4 is 5.32 Å². The van der Waals surface area contributed by atoms with Crippen molar-refractivity contribution >= 4 is 21.6 Å². The van der Waals surface area contributed by atoms with Crippen molar-refractivity contribution in [1.29, 1.82) is 0 Å². The predicted molar refractivity (Wildman–Crippen MR) is 80.5 cm³/mol. The van der Waals surface area contributed by atoms with E-state index in [0.29, 0.717) is 23.0 Å². The fourth-order valence-corrected chi connectivity index (χ4v) is 3.01. The summed E-state index contributed by atoms with van der Waals surface area (Å²) in [6.07, 6.45) is 4.22. The van der Waals surface area contributed by atoms with Crippen molar-refractivity contribution in [3.63, 3.8) is 0 Å². The lowest BCUT2D eigenvalue weighted by atomic mass is 9.86. The number of nitrogens with zero attached hydrogens (tertiary/aromatic N) is 1. The molecule has 2 N–H and O–H groups in total. The summed E-state index contributed by atoms with van der Waals surface area (Å²) in [6.45, 7) is 0.925. The molecule has 0 atom stereocenters. The van der Waals surface area contributed by atoms with E-state index < -0.39 is 0 Å². The van der Waals surface area contributed by atoms with E-state index in [2.05, 4.69) is 21.2 Å². The molecule has 1 aromatic carbocycles. The van der Waals surface area contributed by atoms with Gasteiger partial charge in [-0.2, -0.15) is 0 Å². The van der Waals surface area contributed by atoms with E-state index in [9.17, 15) is 10.1 Å². The lowest BCUT2D eigenvalue weighted by molar-refractivity contribution is -0.385. The second-order valence-electron chi connectivity index (χ2n) is 5.32. The number of hydrogen-bond acceptors (Lipinski definition) is 4. The van der Waals surface area contributed by atoms with Crippen LogP contribution in [0.15, 0.2) is 22.7 Å². The van der Waals surface area contributed by atoms with Crippen LogP contribution in [-0.4, -0.2) is 22.7 Å². The number of nitrogens with one attached hydrogen (secondary N) is 1. The van der Waals surface area contributed by atoms with Crippen LogP contribution in [0.1, 0.15) is 31.2 Å². The fraction of sp³-hybridized carbons (Fsp3) is 0.571. The molecule has 20 heavy (non-hydrogen) atoms. The molecule has 1 aliphatic rings. The Kier molecular flexibility index (Phi) is 5.51. The third-order valence-corrected chi connectivity index (χ3v) is 4.58. The van der Waals surface area contributed by atoms with E-state index in [-0.39, 0.29) is 17.2 Å². The van der Waals surface area contributed by atoms with E-state index in [0.717, 1.165) is 31.2 Å². The maximum atomic E-state index is 10.9. The minimum atomic E-state index is -0.375. The highest BCUT2D eigenvalue weighted by Crippen LogP contribution is 2.27. The van der Waals surface area contributed by atoms with Gasteiger partial charge in [0.2, 0.25) is 0 Å². The molecule has 0 aromatic heterocycles. The first-order valence-corrected chi connectivity index (χ1v) is 7.66. The average Bonchev–Trinajstić information content (AvgIpc) is 2.46. The Balaban J connectivity index is 1.88. The van der Waals surface area contributed by atoms with Crippen LogP contribution in [0.5, 0.6) is 0 Å². The molecule has 1 saturated carbocycles. The van der Waals surface area contributed by atoms with Crippen molar-refractivity contribution < 1.29 is 10.0 Å². The molecule has 0 aliphatic heterocycles. The molecule has 5 nitrogen and oxygen atoms in total. The molecule has 0 radical (unpaired) electrons. The van der Waals surface area contributed by atoms with Crippen molar-refractivity contribution in [2.24, 2.45) is 5.92 Å². The van der Waals surface area contributed by atoms with Crippen LogP contribution in [0.25, 0.3) is 0 Å². The molecule has 6 heteroatoms. The standard InChI is InChI=1S/C14H19BrN2O3/c15-13-6-3-11(7-14(13)17(19)20)8-16-12-4-1-10(9-18)2-5-12/h3,6-7,10,12,16,18H,1-2,4-5,8-9H2. The Bertz CT molecular complexity index is 473. The summed E-state index contributed by atoms with van der Waals surface area (Å²) in [5.74, 6) is 0.446. The first-order valence-electron chi connectivity index (χ1n) is 6.87. The van der Waals surface area contributed by atoms with E-state index in [1.807, 2.05) is 6.07 Å². The number of nitro benzene ring substituents is 1.